The predicted molar refractivity (Wildman–Crippen MR) is 261 cm³/mol. The van der Waals surface area contributed by atoms with Gasteiger partial charge in [0.2, 0.25) is 0 Å². The fraction of sp³-hybridized carbons (Fsp3) is 0.481. The average Bonchev–Trinajstić information content (AvgIpc) is 3.37. The lowest BCUT2D eigenvalue weighted by Gasteiger charge is -2.46. The summed E-state index contributed by atoms with van der Waals surface area (Å²) in [4.78, 5) is 26.3. The highest BCUT2D eigenvalue weighted by Crippen LogP contribution is 2.47. The second-order valence-electron chi connectivity index (χ2n) is 18.7. The molecule has 0 radical (unpaired) electrons. The first kappa shape index (κ1) is 59.4. The Bertz CT molecular complexity index is 2490. The number of benzene rings is 4. The SMILES string of the molecule is COc1cc2c(cc1OC)[C@H](c1cc(CO)c(OC)c(OC)c1)[N@@+](C)(CCCOC(=O)/C=C(\C)C(=O)OCCC[N@@+]1(C)CCc3cc(CO)c(CO)cc3[C@@H]1Cc1cc(CO)c(CO)c(OC)c1)CC2.[Cl-].[Cl-]. The predicted octanol–water partition coefficient (Wildman–Crippen LogP) is -0.909. The fourth-order valence-corrected chi connectivity index (χ4v) is 10.6. The summed E-state index contributed by atoms with van der Waals surface area (Å²) in [5.74, 6) is 1.44. The zero-order valence-corrected chi connectivity index (χ0v) is 44.2. The maximum Gasteiger partial charge on any atom is 0.333 e. The van der Waals surface area contributed by atoms with E-state index in [2.05, 4.69) is 14.1 Å². The van der Waals surface area contributed by atoms with Crippen molar-refractivity contribution in [3.63, 3.8) is 0 Å². The Kier molecular flexibility index (Phi) is 22.0. The number of aliphatic hydroxyl groups is 5. The van der Waals surface area contributed by atoms with Crippen LogP contribution in [-0.2, 0) is 71.4 Å². The number of hydrogen-bond acceptors (Lipinski definition) is 14. The maximum atomic E-state index is 13.2. The van der Waals surface area contributed by atoms with Crippen molar-refractivity contribution in [2.24, 2.45) is 0 Å². The molecule has 4 aromatic rings. The first-order valence-corrected chi connectivity index (χ1v) is 23.8. The number of rotatable bonds is 23. The third-order valence-electron chi connectivity index (χ3n) is 14.4. The first-order valence-electron chi connectivity index (χ1n) is 23.8. The van der Waals surface area contributed by atoms with Crippen LogP contribution in [0.5, 0.6) is 28.7 Å². The van der Waals surface area contributed by atoms with Gasteiger partial charge in [0.15, 0.2) is 23.0 Å². The van der Waals surface area contributed by atoms with Gasteiger partial charge < -0.3 is 92.5 Å². The lowest BCUT2D eigenvalue weighted by atomic mass is 9.83. The molecule has 2 aliphatic heterocycles. The summed E-state index contributed by atoms with van der Waals surface area (Å²) in [6, 6.07) is 15.3. The third kappa shape index (κ3) is 13.0. The van der Waals surface area contributed by atoms with E-state index in [4.69, 9.17) is 33.2 Å². The minimum atomic E-state index is -0.644. The summed E-state index contributed by atoms with van der Waals surface area (Å²) in [5, 5.41) is 50.9. The molecule has 2 aliphatic rings. The Labute approximate surface area is 435 Å². The molecule has 0 saturated heterocycles. The number of likely N-dealkylation sites (N-methyl/N-ethyl adjacent to an activating group) is 2. The summed E-state index contributed by atoms with van der Waals surface area (Å²) in [5.41, 5.74) is 9.30. The van der Waals surface area contributed by atoms with Crippen LogP contribution in [0.15, 0.2) is 60.2 Å². The zero-order chi connectivity index (χ0) is 50.8. The molecule has 72 heavy (non-hydrogen) atoms. The summed E-state index contributed by atoms with van der Waals surface area (Å²) < 4.78 is 40.8. The van der Waals surface area contributed by atoms with Crippen molar-refractivity contribution in [2.75, 3.05) is 89.0 Å². The van der Waals surface area contributed by atoms with Crippen LogP contribution >= 0.6 is 0 Å². The van der Waals surface area contributed by atoms with Crippen molar-refractivity contribution < 1.29 is 102 Å². The molecule has 2 heterocycles. The average molecular weight is 1040 g/mol. The normalized spacial score (nSPS) is 19.2. The Morgan fingerprint density at radius 2 is 1.17 bits per heavy atom. The number of esters is 2. The van der Waals surface area contributed by atoms with Crippen LogP contribution in [0.4, 0.5) is 0 Å². The van der Waals surface area contributed by atoms with Gasteiger partial charge in [0, 0.05) is 71.6 Å². The molecular formula is C54H72Cl2N2O14. The number of carbonyl (C=O) groups is 2. The van der Waals surface area contributed by atoms with E-state index in [-0.39, 0.29) is 88.7 Å². The van der Waals surface area contributed by atoms with Gasteiger partial charge in [-0.1, -0.05) is 12.1 Å². The van der Waals surface area contributed by atoms with Crippen LogP contribution < -0.4 is 48.5 Å². The van der Waals surface area contributed by atoms with Crippen molar-refractivity contribution in [2.45, 2.75) is 84.1 Å². The minimum absolute atomic E-state index is 0. The van der Waals surface area contributed by atoms with E-state index < -0.39 is 11.9 Å². The number of hydrogen-bond donors (Lipinski definition) is 5. The lowest BCUT2D eigenvalue weighted by Crippen LogP contribution is -3.00. The highest BCUT2D eigenvalue weighted by Gasteiger charge is 2.42. The quantitative estimate of drug-likeness (QED) is 0.0265. The van der Waals surface area contributed by atoms with Crippen LogP contribution in [0, 0.1) is 0 Å². The topological polar surface area (TPSA) is 200 Å². The van der Waals surface area contributed by atoms with Crippen molar-refractivity contribution in [1.29, 1.82) is 0 Å². The van der Waals surface area contributed by atoms with E-state index in [0.29, 0.717) is 97.9 Å². The second kappa shape index (κ2) is 26.7. The maximum absolute atomic E-state index is 13.2. The molecule has 0 fully saturated rings. The molecule has 18 heteroatoms. The van der Waals surface area contributed by atoms with Gasteiger partial charge in [-0.2, -0.15) is 0 Å². The Balaban J connectivity index is 0.00000562. The van der Waals surface area contributed by atoms with Gasteiger partial charge in [-0.05, 0) is 76.7 Å². The number of quaternary nitrogens is 2. The van der Waals surface area contributed by atoms with Crippen molar-refractivity contribution >= 4 is 11.9 Å². The molecule has 5 N–H and O–H groups in total. The summed E-state index contributed by atoms with van der Waals surface area (Å²) >= 11 is 0. The molecule has 0 saturated carbocycles. The molecule has 0 bridgehead atoms. The summed E-state index contributed by atoms with van der Waals surface area (Å²) in [6.45, 7) is 3.35. The van der Waals surface area contributed by atoms with Gasteiger partial charge in [-0.25, -0.2) is 9.59 Å². The van der Waals surface area contributed by atoms with E-state index in [1.807, 2.05) is 48.5 Å². The molecule has 4 aromatic carbocycles. The van der Waals surface area contributed by atoms with Gasteiger partial charge in [-0.3, -0.25) is 0 Å². The van der Waals surface area contributed by atoms with Gasteiger partial charge in [-0.15, -0.1) is 0 Å². The molecule has 6 rings (SSSR count). The standard InChI is InChI=1S/C54H72N2O14.2ClH/c1-34(19-51(62)69-17-10-14-56(3)16-12-37-26-48(65-5)49(66-6)28-44(37)52(56)38-24-42(32-60)53(68-8)50(27-38)67-7)54(63)70-18-9-13-55(2)15-11-36-23-39(29-57)40(30-58)25-43(36)46(55)21-35-20-41(31-59)45(33-61)47(22-35)64-4;;/h19-20,22-28,46,52,57-61H,9-18,21,29-33H2,1-8H3;2*1H/q+2;;/p-2/b34-19+;;/t46-,52-,55-,56-;;/m0../s1. The molecule has 0 unspecified atom stereocenters. The molecular weight excluding hydrogens is 971 g/mol. The smallest absolute Gasteiger partial charge is 0.333 e. The summed E-state index contributed by atoms with van der Waals surface area (Å²) in [7, 11) is 12.2. The van der Waals surface area contributed by atoms with E-state index in [1.165, 1.54) is 20.1 Å². The number of carbonyl (C=O) groups excluding carboxylic acids is 2. The van der Waals surface area contributed by atoms with Crippen LogP contribution in [0.1, 0.15) is 93.0 Å². The number of nitrogens with zero attached hydrogens (tertiary/aromatic N) is 2. The Hall–Kier alpha value is -5.14. The lowest BCUT2D eigenvalue weighted by molar-refractivity contribution is -0.941. The van der Waals surface area contributed by atoms with Gasteiger partial charge >= 0.3 is 11.9 Å². The molecule has 0 aliphatic carbocycles. The highest BCUT2D eigenvalue weighted by molar-refractivity contribution is 5.95. The van der Waals surface area contributed by atoms with E-state index in [9.17, 15) is 35.1 Å². The number of fused-ring (bicyclic) bond motifs is 2. The van der Waals surface area contributed by atoms with Crippen LogP contribution in [0.3, 0.4) is 0 Å². The van der Waals surface area contributed by atoms with E-state index >= 15 is 0 Å². The van der Waals surface area contributed by atoms with E-state index in [1.54, 1.807) is 28.4 Å². The van der Waals surface area contributed by atoms with Crippen molar-refractivity contribution in [3.05, 3.63) is 121 Å². The molecule has 16 nitrogen and oxygen atoms in total. The van der Waals surface area contributed by atoms with E-state index in [0.717, 1.165) is 59.3 Å². The third-order valence-corrected chi connectivity index (χ3v) is 14.4. The Morgan fingerprint density at radius 1 is 0.597 bits per heavy atom. The van der Waals surface area contributed by atoms with Crippen LogP contribution in [-0.4, -0.2) is 135 Å². The largest absolute Gasteiger partial charge is 1.00 e. The minimum Gasteiger partial charge on any atom is -1.00 e. The zero-order valence-electron chi connectivity index (χ0n) is 42.7. The number of methoxy groups -OCH3 is 5. The highest BCUT2D eigenvalue weighted by atomic mass is 35.5. The van der Waals surface area contributed by atoms with Crippen LogP contribution in [0.2, 0.25) is 0 Å². The van der Waals surface area contributed by atoms with Crippen molar-refractivity contribution in [3.8, 4) is 28.7 Å². The molecule has 4 atom stereocenters. The monoisotopic (exact) mass is 1040 g/mol. The summed E-state index contributed by atoms with van der Waals surface area (Å²) in [6.07, 6.45) is 4.26. The molecule has 0 spiro atoms. The number of halogens is 2. The van der Waals surface area contributed by atoms with Gasteiger partial charge in [0.05, 0.1) is 122 Å². The van der Waals surface area contributed by atoms with Gasteiger partial charge in [0.25, 0.3) is 0 Å². The fourth-order valence-electron chi connectivity index (χ4n) is 10.6. The first-order chi connectivity index (χ1) is 33.7. The Morgan fingerprint density at radius 3 is 1.76 bits per heavy atom. The van der Waals surface area contributed by atoms with Crippen molar-refractivity contribution in [1.82, 2.24) is 0 Å². The van der Waals surface area contributed by atoms with Crippen LogP contribution in [0.25, 0.3) is 0 Å². The number of ether oxygens (including phenoxy) is 7. The molecule has 396 valence electrons. The van der Waals surface area contributed by atoms with Gasteiger partial charge in [0.1, 0.15) is 17.8 Å². The molecule has 0 amide bonds. The number of aliphatic hydroxyl groups excluding tert-OH is 5. The molecule has 0 aromatic heterocycles. The second-order valence-corrected chi connectivity index (χ2v) is 18.7.